The number of nitrogen functional groups attached to an aromatic ring is 1. The van der Waals surface area contributed by atoms with Gasteiger partial charge in [0.1, 0.15) is 5.60 Å². The quantitative estimate of drug-likeness (QED) is 0.655. The predicted molar refractivity (Wildman–Crippen MR) is 78.3 cm³/mol. The summed E-state index contributed by atoms with van der Waals surface area (Å²) in [7, 11) is 0. The standard InChI is InChI=1S/C13H20N2O3S/c1-13(2,3)18-12(17)9-19-7-6-15-8-10(14)4-5-11(15)16/h4-5,8H,6-7,9,14H2,1-3H3. The van der Waals surface area contributed by atoms with Gasteiger partial charge in [0.2, 0.25) is 0 Å². The number of hydrogen-bond donors (Lipinski definition) is 1. The van der Waals surface area contributed by atoms with Gasteiger partial charge in [-0.15, -0.1) is 11.8 Å². The van der Waals surface area contributed by atoms with Gasteiger partial charge >= 0.3 is 5.97 Å². The fourth-order valence-corrected chi connectivity index (χ4v) is 2.11. The number of pyridine rings is 1. The molecule has 1 aromatic rings. The van der Waals surface area contributed by atoms with Crippen molar-refractivity contribution in [3.05, 3.63) is 28.7 Å². The summed E-state index contributed by atoms with van der Waals surface area (Å²) >= 11 is 1.44. The maximum Gasteiger partial charge on any atom is 0.316 e. The lowest BCUT2D eigenvalue weighted by atomic mass is 10.2. The Morgan fingerprint density at radius 3 is 2.74 bits per heavy atom. The Labute approximate surface area is 117 Å². The lowest BCUT2D eigenvalue weighted by molar-refractivity contribution is -0.151. The van der Waals surface area contributed by atoms with Crippen molar-refractivity contribution >= 4 is 23.4 Å². The molecule has 0 aliphatic rings. The fourth-order valence-electron chi connectivity index (χ4n) is 1.41. The Hall–Kier alpha value is -1.43. The van der Waals surface area contributed by atoms with Crippen LogP contribution < -0.4 is 11.3 Å². The van der Waals surface area contributed by atoms with Crippen LogP contribution in [0.25, 0.3) is 0 Å². The van der Waals surface area contributed by atoms with Crippen LogP contribution in [-0.2, 0) is 16.1 Å². The van der Waals surface area contributed by atoms with Crippen LogP contribution in [0.2, 0.25) is 0 Å². The molecule has 6 heteroatoms. The molecule has 5 nitrogen and oxygen atoms in total. The fraction of sp³-hybridized carbons (Fsp3) is 0.538. The molecule has 0 aliphatic heterocycles. The summed E-state index contributed by atoms with van der Waals surface area (Å²) in [5.74, 6) is 0.703. The smallest absolute Gasteiger partial charge is 0.316 e. The van der Waals surface area contributed by atoms with Gasteiger partial charge in [-0.2, -0.15) is 0 Å². The van der Waals surface area contributed by atoms with Gasteiger partial charge in [-0.3, -0.25) is 9.59 Å². The van der Waals surface area contributed by atoms with Gasteiger partial charge in [0.15, 0.2) is 0 Å². The number of thioether (sulfide) groups is 1. The first-order valence-corrected chi connectivity index (χ1v) is 7.19. The zero-order valence-electron chi connectivity index (χ0n) is 11.5. The number of aryl methyl sites for hydroxylation is 1. The first kappa shape index (κ1) is 15.6. The first-order valence-electron chi connectivity index (χ1n) is 6.03. The molecule has 106 valence electrons. The topological polar surface area (TPSA) is 74.3 Å². The van der Waals surface area contributed by atoms with Gasteiger partial charge in [0.05, 0.1) is 5.75 Å². The minimum absolute atomic E-state index is 0.0907. The molecule has 0 atom stereocenters. The van der Waals surface area contributed by atoms with E-state index in [2.05, 4.69) is 0 Å². The van der Waals surface area contributed by atoms with Crippen LogP contribution in [0.4, 0.5) is 5.69 Å². The second kappa shape index (κ2) is 6.65. The van der Waals surface area contributed by atoms with Crippen LogP contribution in [-0.4, -0.2) is 27.6 Å². The van der Waals surface area contributed by atoms with Crippen molar-refractivity contribution in [3.63, 3.8) is 0 Å². The summed E-state index contributed by atoms with van der Waals surface area (Å²) in [6.45, 7) is 6.03. The third-order valence-corrected chi connectivity index (χ3v) is 3.03. The van der Waals surface area contributed by atoms with Gasteiger partial charge in [-0.05, 0) is 26.8 Å². The second-order valence-corrected chi connectivity index (χ2v) is 6.24. The lowest BCUT2D eigenvalue weighted by Crippen LogP contribution is -2.25. The molecule has 1 heterocycles. The van der Waals surface area contributed by atoms with E-state index in [1.54, 1.807) is 12.3 Å². The van der Waals surface area contributed by atoms with Crippen molar-refractivity contribution in [2.45, 2.75) is 32.9 Å². The first-order chi connectivity index (χ1) is 8.78. The van der Waals surface area contributed by atoms with Gasteiger partial charge in [0.25, 0.3) is 5.56 Å². The molecule has 1 aromatic heterocycles. The van der Waals surface area contributed by atoms with Gasteiger partial charge in [0, 0.05) is 30.2 Å². The Balaban J connectivity index is 2.33. The van der Waals surface area contributed by atoms with E-state index in [-0.39, 0.29) is 17.3 Å². The maximum atomic E-state index is 11.5. The third kappa shape index (κ3) is 6.33. The van der Waals surface area contributed by atoms with Gasteiger partial charge in [-0.1, -0.05) is 0 Å². The maximum absolute atomic E-state index is 11.5. The average Bonchev–Trinajstić information content (AvgIpc) is 2.26. The summed E-state index contributed by atoms with van der Waals surface area (Å²) in [6.07, 6.45) is 1.61. The van der Waals surface area contributed by atoms with E-state index in [1.165, 1.54) is 22.4 Å². The molecule has 0 radical (unpaired) electrons. The Morgan fingerprint density at radius 2 is 2.11 bits per heavy atom. The van der Waals surface area contributed by atoms with Crippen molar-refractivity contribution in [1.29, 1.82) is 0 Å². The number of carbonyl (C=O) groups is 1. The number of anilines is 1. The van der Waals surface area contributed by atoms with Crippen LogP contribution in [0.3, 0.4) is 0 Å². The van der Waals surface area contributed by atoms with E-state index >= 15 is 0 Å². The van der Waals surface area contributed by atoms with Crippen LogP contribution in [0, 0.1) is 0 Å². The molecule has 0 fully saturated rings. The van der Waals surface area contributed by atoms with E-state index in [0.717, 1.165) is 0 Å². The highest BCUT2D eigenvalue weighted by atomic mass is 32.2. The molecule has 0 saturated carbocycles. The summed E-state index contributed by atoms with van der Waals surface area (Å²) in [5.41, 5.74) is 5.61. The highest BCUT2D eigenvalue weighted by Gasteiger charge is 2.15. The average molecular weight is 284 g/mol. The summed E-state index contributed by atoms with van der Waals surface area (Å²) < 4.78 is 6.72. The van der Waals surface area contributed by atoms with Crippen molar-refractivity contribution in [2.75, 3.05) is 17.2 Å². The second-order valence-electron chi connectivity index (χ2n) is 5.13. The molecule has 0 amide bonds. The third-order valence-electron chi connectivity index (χ3n) is 2.12. The molecule has 0 aliphatic carbocycles. The number of esters is 1. The monoisotopic (exact) mass is 284 g/mol. The lowest BCUT2D eigenvalue weighted by Gasteiger charge is -2.19. The number of nitrogens with zero attached hydrogens (tertiary/aromatic N) is 1. The normalized spacial score (nSPS) is 11.3. The summed E-state index contributed by atoms with van der Waals surface area (Å²) in [6, 6.07) is 3.01. The van der Waals surface area contributed by atoms with Crippen LogP contribution in [0.15, 0.2) is 23.1 Å². The Kier molecular flexibility index (Phi) is 5.47. The van der Waals surface area contributed by atoms with Crippen LogP contribution >= 0.6 is 11.8 Å². The number of hydrogen-bond acceptors (Lipinski definition) is 5. The largest absolute Gasteiger partial charge is 0.459 e. The van der Waals surface area contributed by atoms with Crippen molar-refractivity contribution in [1.82, 2.24) is 4.57 Å². The molecule has 0 aromatic carbocycles. The molecule has 2 N–H and O–H groups in total. The van der Waals surface area contributed by atoms with E-state index in [0.29, 0.717) is 18.0 Å². The van der Waals surface area contributed by atoms with E-state index in [1.807, 2.05) is 20.8 Å². The van der Waals surface area contributed by atoms with E-state index < -0.39 is 5.60 Å². The van der Waals surface area contributed by atoms with Crippen LogP contribution in [0.1, 0.15) is 20.8 Å². The van der Waals surface area contributed by atoms with Gasteiger partial charge in [-0.25, -0.2) is 0 Å². The number of ether oxygens (including phenoxy) is 1. The molecule has 1 rings (SSSR count). The zero-order valence-corrected chi connectivity index (χ0v) is 12.3. The Morgan fingerprint density at radius 1 is 1.42 bits per heavy atom. The predicted octanol–water partition coefficient (Wildman–Crippen LogP) is 1.51. The van der Waals surface area contributed by atoms with E-state index in [9.17, 15) is 9.59 Å². The van der Waals surface area contributed by atoms with E-state index in [4.69, 9.17) is 10.5 Å². The number of nitrogens with two attached hydrogens (primary N) is 1. The van der Waals surface area contributed by atoms with Crippen molar-refractivity contribution in [3.8, 4) is 0 Å². The SMILES string of the molecule is CC(C)(C)OC(=O)CSCCn1cc(N)ccc1=O. The molecule has 0 unspecified atom stereocenters. The highest BCUT2D eigenvalue weighted by Crippen LogP contribution is 2.10. The molecule has 0 bridgehead atoms. The molecule has 0 saturated heterocycles. The molecule has 0 spiro atoms. The summed E-state index contributed by atoms with van der Waals surface area (Å²) in [4.78, 5) is 23.0. The Bertz CT molecular complexity index is 491. The minimum Gasteiger partial charge on any atom is -0.459 e. The molecular weight excluding hydrogens is 264 g/mol. The highest BCUT2D eigenvalue weighted by molar-refractivity contribution is 7.99. The molecule has 19 heavy (non-hydrogen) atoms. The van der Waals surface area contributed by atoms with Crippen molar-refractivity contribution < 1.29 is 9.53 Å². The number of rotatable bonds is 5. The van der Waals surface area contributed by atoms with Crippen molar-refractivity contribution in [2.24, 2.45) is 0 Å². The number of aromatic nitrogens is 1. The molecular formula is C13H20N2O3S. The van der Waals surface area contributed by atoms with Crippen LogP contribution in [0.5, 0.6) is 0 Å². The summed E-state index contributed by atoms with van der Waals surface area (Å²) in [5, 5.41) is 0. The van der Waals surface area contributed by atoms with Gasteiger partial charge < -0.3 is 15.0 Å². The zero-order chi connectivity index (χ0) is 14.5. The minimum atomic E-state index is -0.456. The number of carbonyl (C=O) groups excluding carboxylic acids is 1.